The molecule has 3 nitrogen and oxygen atoms in total. The van der Waals surface area contributed by atoms with E-state index in [2.05, 4.69) is 12.8 Å². The zero-order valence-electron chi connectivity index (χ0n) is 8.57. The maximum Gasteiger partial charge on any atom is 0.317 e. The highest BCUT2D eigenvalue weighted by atomic mass is 16.4. The molecular formula is C11H17NO2. The van der Waals surface area contributed by atoms with Gasteiger partial charge in [0.1, 0.15) is 0 Å². The Morgan fingerprint density at radius 1 is 1.64 bits per heavy atom. The van der Waals surface area contributed by atoms with E-state index in [1.54, 1.807) is 0 Å². The van der Waals surface area contributed by atoms with E-state index in [0.717, 1.165) is 6.42 Å². The van der Waals surface area contributed by atoms with Gasteiger partial charge in [-0.2, -0.15) is 0 Å². The van der Waals surface area contributed by atoms with Crippen LogP contribution in [-0.2, 0) is 4.79 Å². The van der Waals surface area contributed by atoms with Gasteiger partial charge in [-0.1, -0.05) is 19.3 Å². The molecule has 1 aliphatic carbocycles. The molecule has 1 saturated carbocycles. The fourth-order valence-electron chi connectivity index (χ4n) is 2.25. The first-order valence-electron chi connectivity index (χ1n) is 5.04. The minimum absolute atomic E-state index is 0.0687. The van der Waals surface area contributed by atoms with Gasteiger partial charge in [-0.15, -0.1) is 6.42 Å². The summed E-state index contributed by atoms with van der Waals surface area (Å²) in [6.07, 6.45) is 8.69. The minimum Gasteiger partial charge on any atom is -0.480 e. The Hall–Kier alpha value is -1.01. The molecule has 0 heterocycles. The molecule has 1 N–H and O–H groups in total. The van der Waals surface area contributed by atoms with Crippen LogP contribution in [0, 0.1) is 18.3 Å². The van der Waals surface area contributed by atoms with Crippen molar-refractivity contribution in [3.8, 4) is 12.3 Å². The number of carboxylic acids is 1. The van der Waals surface area contributed by atoms with E-state index in [0.29, 0.717) is 18.5 Å². The van der Waals surface area contributed by atoms with E-state index in [9.17, 15) is 4.79 Å². The zero-order valence-corrected chi connectivity index (χ0v) is 8.57. The van der Waals surface area contributed by atoms with Gasteiger partial charge in [-0.05, 0) is 18.8 Å². The average molecular weight is 195 g/mol. The van der Waals surface area contributed by atoms with Crippen LogP contribution in [0.15, 0.2) is 0 Å². The van der Waals surface area contributed by atoms with E-state index >= 15 is 0 Å². The number of carboxylic acid groups (broad SMARTS) is 1. The molecule has 0 aromatic rings. The van der Waals surface area contributed by atoms with Gasteiger partial charge in [0.25, 0.3) is 0 Å². The van der Waals surface area contributed by atoms with E-state index in [1.165, 1.54) is 12.8 Å². The third-order valence-electron chi connectivity index (χ3n) is 2.92. The van der Waals surface area contributed by atoms with Gasteiger partial charge in [0.2, 0.25) is 0 Å². The fraction of sp³-hybridized carbons (Fsp3) is 0.727. The summed E-state index contributed by atoms with van der Waals surface area (Å²) in [5, 5.41) is 8.75. The Balaban J connectivity index is 2.57. The molecule has 0 aliphatic heterocycles. The van der Waals surface area contributed by atoms with Gasteiger partial charge in [0, 0.05) is 6.04 Å². The lowest BCUT2D eigenvalue weighted by Crippen LogP contribution is -2.40. The van der Waals surface area contributed by atoms with Crippen molar-refractivity contribution in [3.63, 3.8) is 0 Å². The summed E-state index contributed by atoms with van der Waals surface area (Å²) < 4.78 is 0. The third-order valence-corrected chi connectivity index (χ3v) is 2.92. The monoisotopic (exact) mass is 195 g/mol. The first-order chi connectivity index (χ1) is 6.65. The Kier molecular flexibility index (Phi) is 3.97. The molecule has 0 amide bonds. The summed E-state index contributed by atoms with van der Waals surface area (Å²) >= 11 is 0. The molecular weight excluding hydrogens is 178 g/mol. The van der Waals surface area contributed by atoms with E-state index in [-0.39, 0.29) is 6.54 Å². The predicted molar refractivity (Wildman–Crippen MR) is 54.8 cm³/mol. The van der Waals surface area contributed by atoms with Crippen LogP contribution < -0.4 is 0 Å². The SMILES string of the molecule is C#CCN(CC(=O)O)C1CCCC1C. The lowest BCUT2D eigenvalue weighted by molar-refractivity contribution is -0.138. The van der Waals surface area contributed by atoms with Gasteiger partial charge < -0.3 is 5.11 Å². The minimum atomic E-state index is -0.792. The second-order valence-corrected chi connectivity index (χ2v) is 3.98. The Morgan fingerprint density at radius 3 is 2.79 bits per heavy atom. The highest BCUT2D eigenvalue weighted by Gasteiger charge is 2.29. The van der Waals surface area contributed by atoms with Crippen molar-refractivity contribution < 1.29 is 9.90 Å². The number of hydrogen-bond acceptors (Lipinski definition) is 2. The van der Waals surface area contributed by atoms with E-state index in [1.807, 2.05) is 4.90 Å². The maximum atomic E-state index is 10.6. The largest absolute Gasteiger partial charge is 0.480 e. The zero-order chi connectivity index (χ0) is 10.6. The first kappa shape index (κ1) is 11.1. The smallest absolute Gasteiger partial charge is 0.317 e. The quantitative estimate of drug-likeness (QED) is 0.685. The number of carbonyl (C=O) groups is 1. The van der Waals surface area contributed by atoms with Gasteiger partial charge in [0.15, 0.2) is 0 Å². The molecule has 0 aromatic carbocycles. The fourth-order valence-corrected chi connectivity index (χ4v) is 2.25. The predicted octanol–water partition coefficient (Wildman–Crippen LogP) is 1.19. The van der Waals surface area contributed by atoms with Crippen molar-refractivity contribution in [2.24, 2.45) is 5.92 Å². The second kappa shape index (κ2) is 5.02. The lowest BCUT2D eigenvalue weighted by Gasteiger charge is -2.28. The van der Waals surface area contributed by atoms with Gasteiger partial charge in [0.05, 0.1) is 13.1 Å². The third kappa shape index (κ3) is 2.74. The van der Waals surface area contributed by atoms with Crippen LogP contribution in [-0.4, -0.2) is 35.1 Å². The van der Waals surface area contributed by atoms with E-state index < -0.39 is 5.97 Å². The van der Waals surface area contributed by atoms with Gasteiger partial charge >= 0.3 is 5.97 Å². The summed E-state index contributed by atoms with van der Waals surface area (Å²) in [6, 6.07) is 0.363. The van der Waals surface area contributed by atoms with Crippen molar-refractivity contribution in [1.29, 1.82) is 0 Å². The standard InChI is InChI=1S/C11H17NO2/c1-3-7-12(8-11(13)14)10-6-4-5-9(10)2/h1,9-10H,4-8H2,2H3,(H,13,14). The number of hydrogen-bond donors (Lipinski definition) is 1. The van der Waals surface area contributed by atoms with Crippen LogP contribution in [0.1, 0.15) is 26.2 Å². The lowest BCUT2D eigenvalue weighted by atomic mass is 10.0. The molecule has 3 heteroatoms. The molecule has 0 radical (unpaired) electrons. The van der Waals surface area contributed by atoms with E-state index in [4.69, 9.17) is 11.5 Å². The van der Waals surface area contributed by atoms with Crippen molar-refractivity contribution in [2.45, 2.75) is 32.2 Å². The van der Waals surface area contributed by atoms with Crippen LogP contribution >= 0.6 is 0 Å². The van der Waals surface area contributed by atoms with Crippen LogP contribution in [0.2, 0.25) is 0 Å². The first-order valence-corrected chi connectivity index (χ1v) is 5.04. The number of aliphatic carboxylic acids is 1. The van der Waals surface area contributed by atoms with Crippen molar-refractivity contribution in [1.82, 2.24) is 4.90 Å². The summed E-state index contributed by atoms with van der Waals surface area (Å²) in [5.74, 6) is 2.31. The molecule has 0 spiro atoms. The molecule has 78 valence electrons. The molecule has 2 atom stereocenters. The number of terminal acetylenes is 1. The number of rotatable bonds is 4. The normalized spacial score (nSPS) is 26.4. The molecule has 1 aliphatic rings. The summed E-state index contributed by atoms with van der Waals surface area (Å²) in [4.78, 5) is 12.5. The van der Waals surface area contributed by atoms with Gasteiger partial charge in [-0.25, -0.2) is 0 Å². The van der Waals surface area contributed by atoms with Gasteiger partial charge in [-0.3, -0.25) is 9.69 Å². The maximum absolute atomic E-state index is 10.6. The summed E-state index contributed by atoms with van der Waals surface area (Å²) in [6.45, 7) is 2.68. The molecule has 2 unspecified atom stereocenters. The molecule has 14 heavy (non-hydrogen) atoms. The molecule has 1 rings (SSSR count). The summed E-state index contributed by atoms with van der Waals surface area (Å²) in [7, 11) is 0. The summed E-state index contributed by atoms with van der Waals surface area (Å²) in [5.41, 5.74) is 0. The molecule has 0 saturated heterocycles. The Bertz CT molecular complexity index is 244. The molecule has 0 bridgehead atoms. The van der Waals surface area contributed by atoms with Crippen LogP contribution in [0.4, 0.5) is 0 Å². The topological polar surface area (TPSA) is 40.5 Å². The Morgan fingerprint density at radius 2 is 2.36 bits per heavy atom. The number of nitrogens with zero attached hydrogens (tertiary/aromatic N) is 1. The van der Waals surface area contributed by atoms with Crippen LogP contribution in [0.25, 0.3) is 0 Å². The molecule has 1 fully saturated rings. The van der Waals surface area contributed by atoms with Crippen molar-refractivity contribution in [3.05, 3.63) is 0 Å². The van der Waals surface area contributed by atoms with Crippen LogP contribution in [0.5, 0.6) is 0 Å². The van der Waals surface area contributed by atoms with Crippen molar-refractivity contribution >= 4 is 5.97 Å². The second-order valence-electron chi connectivity index (χ2n) is 3.98. The molecule has 0 aromatic heterocycles. The highest BCUT2D eigenvalue weighted by molar-refractivity contribution is 5.69. The average Bonchev–Trinajstić information content (AvgIpc) is 2.50. The van der Waals surface area contributed by atoms with Crippen molar-refractivity contribution in [2.75, 3.05) is 13.1 Å². The van der Waals surface area contributed by atoms with Crippen LogP contribution in [0.3, 0.4) is 0 Å². The highest BCUT2D eigenvalue weighted by Crippen LogP contribution is 2.29. The Labute approximate surface area is 85.1 Å².